The van der Waals surface area contributed by atoms with Gasteiger partial charge < -0.3 is 15.4 Å². The van der Waals surface area contributed by atoms with E-state index < -0.39 is 6.09 Å². The van der Waals surface area contributed by atoms with Crippen LogP contribution in [0.4, 0.5) is 10.5 Å². The SMILES string of the molecule is CCOC(=O)NCc1cc(C(=O)Nc2cccc(Cl)c2C)ccn1. The van der Waals surface area contributed by atoms with E-state index >= 15 is 0 Å². The van der Waals surface area contributed by atoms with Gasteiger partial charge in [0, 0.05) is 22.5 Å². The summed E-state index contributed by atoms with van der Waals surface area (Å²) in [7, 11) is 0. The molecule has 2 aromatic rings. The monoisotopic (exact) mass is 347 g/mol. The number of aromatic nitrogens is 1. The van der Waals surface area contributed by atoms with E-state index in [0.29, 0.717) is 28.6 Å². The van der Waals surface area contributed by atoms with E-state index in [1.54, 1.807) is 37.3 Å². The van der Waals surface area contributed by atoms with Crippen LogP contribution in [-0.2, 0) is 11.3 Å². The van der Waals surface area contributed by atoms with Crippen molar-refractivity contribution in [3.63, 3.8) is 0 Å². The van der Waals surface area contributed by atoms with Crippen LogP contribution in [0.1, 0.15) is 28.5 Å². The van der Waals surface area contributed by atoms with Crippen LogP contribution in [0.25, 0.3) is 0 Å². The van der Waals surface area contributed by atoms with Crippen molar-refractivity contribution in [2.75, 3.05) is 11.9 Å². The van der Waals surface area contributed by atoms with Crippen LogP contribution in [0.5, 0.6) is 0 Å². The molecule has 2 rings (SSSR count). The second kappa shape index (κ2) is 8.31. The van der Waals surface area contributed by atoms with Crippen molar-refractivity contribution in [3.05, 3.63) is 58.4 Å². The lowest BCUT2D eigenvalue weighted by atomic mass is 10.1. The second-order valence-corrected chi connectivity index (χ2v) is 5.38. The Morgan fingerprint density at radius 1 is 1.29 bits per heavy atom. The molecule has 1 aromatic heterocycles. The molecule has 0 unspecified atom stereocenters. The van der Waals surface area contributed by atoms with Crippen LogP contribution in [-0.4, -0.2) is 23.6 Å². The third-order valence-corrected chi connectivity index (χ3v) is 3.69. The van der Waals surface area contributed by atoms with E-state index in [1.165, 1.54) is 6.20 Å². The Bertz CT molecular complexity index is 750. The molecule has 2 amide bonds. The molecule has 1 aromatic carbocycles. The number of nitrogens with one attached hydrogen (secondary N) is 2. The fourth-order valence-corrected chi connectivity index (χ4v) is 2.17. The number of ether oxygens (including phenoxy) is 1. The summed E-state index contributed by atoms with van der Waals surface area (Å²) >= 11 is 6.05. The van der Waals surface area contributed by atoms with Gasteiger partial charge in [-0.3, -0.25) is 9.78 Å². The fraction of sp³-hybridized carbons (Fsp3) is 0.235. The van der Waals surface area contributed by atoms with E-state index in [9.17, 15) is 9.59 Å². The Labute approximate surface area is 145 Å². The lowest BCUT2D eigenvalue weighted by molar-refractivity contribution is 0.102. The Kier molecular flexibility index (Phi) is 6.14. The molecule has 1 heterocycles. The zero-order valence-electron chi connectivity index (χ0n) is 13.4. The molecule has 2 N–H and O–H groups in total. The molecule has 7 heteroatoms. The topological polar surface area (TPSA) is 80.3 Å². The molecule has 6 nitrogen and oxygen atoms in total. The van der Waals surface area contributed by atoms with Gasteiger partial charge in [0.1, 0.15) is 0 Å². The number of pyridine rings is 1. The first-order valence-corrected chi connectivity index (χ1v) is 7.81. The molecule has 0 aliphatic rings. The molecular formula is C17H18ClN3O3. The highest BCUT2D eigenvalue weighted by Gasteiger charge is 2.10. The quantitative estimate of drug-likeness (QED) is 0.866. The van der Waals surface area contributed by atoms with Gasteiger partial charge in [-0.1, -0.05) is 17.7 Å². The lowest BCUT2D eigenvalue weighted by Crippen LogP contribution is -2.24. The van der Waals surface area contributed by atoms with Gasteiger partial charge >= 0.3 is 6.09 Å². The maximum absolute atomic E-state index is 12.4. The standard InChI is InChI=1S/C17H18ClN3O3/c1-3-24-17(23)20-10-13-9-12(7-8-19-13)16(22)21-15-6-4-5-14(18)11(15)2/h4-9H,3,10H2,1-2H3,(H,20,23)(H,21,22). The number of carbonyl (C=O) groups is 2. The van der Waals surface area contributed by atoms with Crippen molar-refractivity contribution in [2.24, 2.45) is 0 Å². The molecule has 24 heavy (non-hydrogen) atoms. The van der Waals surface area contributed by atoms with Gasteiger partial charge in [0.2, 0.25) is 0 Å². The van der Waals surface area contributed by atoms with Crippen molar-refractivity contribution in [1.29, 1.82) is 0 Å². The van der Waals surface area contributed by atoms with Gasteiger partial charge in [0.15, 0.2) is 0 Å². The number of nitrogens with zero attached hydrogens (tertiary/aromatic N) is 1. The minimum Gasteiger partial charge on any atom is -0.450 e. The van der Waals surface area contributed by atoms with E-state index in [0.717, 1.165) is 5.56 Å². The highest BCUT2D eigenvalue weighted by atomic mass is 35.5. The van der Waals surface area contributed by atoms with Gasteiger partial charge in [0.05, 0.1) is 18.8 Å². The summed E-state index contributed by atoms with van der Waals surface area (Å²) in [6.07, 6.45) is 0.991. The smallest absolute Gasteiger partial charge is 0.407 e. The van der Waals surface area contributed by atoms with E-state index in [-0.39, 0.29) is 12.5 Å². The summed E-state index contributed by atoms with van der Waals surface area (Å²) in [5, 5.41) is 5.96. The van der Waals surface area contributed by atoms with Gasteiger partial charge in [0.25, 0.3) is 5.91 Å². The van der Waals surface area contributed by atoms with Crippen LogP contribution in [0.15, 0.2) is 36.5 Å². The highest BCUT2D eigenvalue weighted by molar-refractivity contribution is 6.31. The lowest BCUT2D eigenvalue weighted by Gasteiger charge is -2.10. The molecule has 0 fully saturated rings. The van der Waals surface area contributed by atoms with Crippen molar-refractivity contribution in [2.45, 2.75) is 20.4 Å². The first-order valence-electron chi connectivity index (χ1n) is 7.43. The minimum absolute atomic E-state index is 0.177. The summed E-state index contributed by atoms with van der Waals surface area (Å²) in [6, 6.07) is 8.53. The third kappa shape index (κ3) is 4.70. The van der Waals surface area contributed by atoms with Crippen LogP contribution < -0.4 is 10.6 Å². The molecule has 0 saturated heterocycles. The Balaban J connectivity index is 2.06. The zero-order chi connectivity index (χ0) is 17.5. The van der Waals surface area contributed by atoms with Crippen molar-refractivity contribution >= 4 is 29.3 Å². The maximum Gasteiger partial charge on any atom is 0.407 e. The summed E-state index contributed by atoms with van der Waals surface area (Å²) in [5.41, 5.74) is 2.44. The maximum atomic E-state index is 12.4. The fourth-order valence-electron chi connectivity index (χ4n) is 2.00. The number of rotatable bonds is 5. The first kappa shape index (κ1) is 17.7. The van der Waals surface area contributed by atoms with Crippen LogP contribution in [0.2, 0.25) is 5.02 Å². The first-order chi connectivity index (χ1) is 11.5. The molecule has 126 valence electrons. The zero-order valence-corrected chi connectivity index (χ0v) is 14.2. The number of anilines is 1. The predicted molar refractivity (Wildman–Crippen MR) is 92.2 cm³/mol. The third-order valence-electron chi connectivity index (χ3n) is 3.28. The van der Waals surface area contributed by atoms with E-state index in [4.69, 9.17) is 16.3 Å². The molecule has 0 aliphatic carbocycles. The highest BCUT2D eigenvalue weighted by Crippen LogP contribution is 2.23. The Morgan fingerprint density at radius 2 is 2.08 bits per heavy atom. The largest absolute Gasteiger partial charge is 0.450 e. The second-order valence-electron chi connectivity index (χ2n) is 4.98. The average molecular weight is 348 g/mol. The number of carbonyl (C=O) groups excluding carboxylic acids is 2. The van der Waals surface area contributed by atoms with Crippen molar-refractivity contribution in [1.82, 2.24) is 10.3 Å². The van der Waals surface area contributed by atoms with Gasteiger partial charge in [-0.2, -0.15) is 0 Å². The number of hydrogen-bond donors (Lipinski definition) is 2. The van der Waals surface area contributed by atoms with Crippen LogP contribution >= 0.6 is 11.6 Å². The van der Waals surface area contributed by atoms with Crippen molar-refractivity contribution in [3.8, 4) is 0 Å². The van der Waals surface area contributed by atoms with Gasteiger partial charge in [-0.15, -0.1) is 0 Å². The van der Waals surface area contributed by atoms with E-state index in [1.807, 2.05) is 6.92 Å². The Morgan fingerprint density at radius 3 is 2.83 bits per heavy atom. The van der Waals surface area contributed by atoms with Gasteiger partial charge in [-0.25, -0.2) is 4.79 Å². The predicted octanol–water partition coefficient (Wildman–Crippen LogP) is 3.54. The molecule has 0 saturated carbocycles. The number of benzene rings is 1. The summed E-state index contributed by atoms with van der Waals surface area (Å²) in [4.78, 5) is 27.8. The number of amides is 2. The number of hydrogen-bond acceptors (Lipinski definition) is 4. The normalized spacial score (nSPS) is 10.1. The molecule has 0 atom stereocenters. The molecule has 0 radical (unpaired) electrons. The summed E-state index contributed by atoms with van der Waals surface area (Å²) in [5.74, 6) is -0.278. The minimum atomic E-state index is -0.524. The van der Waals surface area contributed by atoms with Crippen LogP contribution in [0, 0.1) is 6.92 Å². The number of alkyl carbamates (subject to hydrolysis) is 1. The van der Waals surface area contributed by atoms with E-state index in [2.05, 4.69) is 15.6 Å². The average Bonchev–Trinajstić information content (AvgIpc) is 2.57. The molecule has 0 spiro atoms. The van der Waals surface area contributed by atoms with Crippen molar-refractivity contribution < 1.29 is 14.3 Å². The van der Waals surface area contributed by atoms with Gasteiger partial charge in [-0.05, 0) is 43.7 Å². The summed E-state index contributed by atoms with van der Waals surface area (Å²) < 4.78 is 4.78. The molecule has 0 bridgehead atoms. The molecule has 0 aliphatic heterocycles. The Hall–Kier alpha value is -2.60. The van der Waals surface area contributed by atoms with Crippen LogP contribution in [0.3, 0.4) is 0 Å². The number of halogens is 1. The summed E-state index contributed by atoms with van der Waals surface area (Å²) in [6.45, 7) is 4.02. The molecular weight excluding hydrogens is 330 g/mol.